The lowest BCUT2D eigenvalue weighted by molar-refractivity contribution is -0.135. The van der Waals surface area contributed by atoms with E-state index in [1.54, 1.807) is 17.0 Å². The third kappa shape index (κ3) is 7.13. The molecule has 1 fully saturated rings. The lowest BCUT2D eigenvalue weighted by atomic mass is 9.87. The van der Waals surface area contributed by atoms with Gasteiger partial charge in [-0.1, -0.05) is 45.0 Å². The first-order valence-electron chi connectivity index (χ1n) is 15.4. The maximum absolute atomic E-state index is 14.3. The zero-order chi connectivity index (χ0) is 32.7. The van der Waals surface area contributed by atoms with Gasteiger partial charge in [-0.05, 0) is 81.7 Å². The number of sulfonamides is 1. The van der Waals surface area contributed by atoms with E-state index in [1.165, 1.54) is 18.2 Å². The molecule has 240 valence electrons. The highest BCUT2D eigenvalue weighted by atomic mass is 32.2. The summed E-state index contributed by atoms with van der Waals surface area (Å²) in [6, 6.07) is 12.9. The number of aryl methyl sites for hydroxylation is 2. The molecule has 11 heteroatoms. The zero-order valence-corrected chi connectivity index (χ0v) is 28.0. The van der Waals surface area contributed by atoms with Crippen LogP contribution in [0.3, 0.4) is 0 Å². The predicted octanol–water partition coefficient (Wildman–Crippen LogP) is 5.60. The lowest BCUT2D eigenvalue weighted by Crippen LogP contribution is -2.53. The SMILES string of the molecule is Cc1cccc(C)c1-c1cc2nc(n1)NS(=O)(=O)c1cccc(c1)C(=O)N(CC(=O)N1CCCC1(C)C)[C@H](CC(C)(C)C)CO2. The van der Waals surface area contributed by atoms with Crippen molar-refractivity contribution in [3.63, 3.8) is 0 Å². The quantitative estimate of drug-likeness (QED) is 0.397. The Kier molecular flexibility index (Phi) is 8.70. The van der Waals surface area contributed by atoms with Gasteiger partial charge in [0.05, 0.1) is 16.6 Å². The minimum Gasteiger partial charge on any atom is -0.475 e. The Morgan fingerprint density at radius 3 is 2.40 bits per heavy atom. The van der Waals surface area contributed by atoms with E-state index in [-0.39, 0.29) is 52.3 Å². The molecular weight excluding hydrogens is 590 g/mol. The van der Waals surface area contributed by atoms with Crippen LogP contribution in [0.15, 0.2) is 53.4 Å². The second-order valence-electron chi connectivity index (χ2n) is 13.9. The number of rotatable bonds is 4. The number of anilines is 1. The van der Waals surface area contributed by atoms with E-state index in [0.29, 0.717) is 18.7 Å². The number of hydrogen-bond donors (Lipinski definition) is 1. The second kappa shape index (κ2) is 12.1. The van der Waals surface area contributed by atoms with Crippen molar-refractivity contribution in [2.24, 2.45) is 5.41 Å². The Labute approximate surface area is 266 Å². The van der Waals surface area contributed by atoms with Gasteiger partial charge in [0.15, 0.2) is 0 Å². The standard InChI is InChI=1S/C34H43N5O5S/c1-22-11-8-12-23(2)30(22)27-18-28-36-32(35-27)37-45(42,43)26-14-9-13-24(17-26)31(41)38(25(21-44-28)19-33(3,4)5)20-29(40)39-16-10-15-34(39,6)7/h8-9,11-14,17-18,25H,10,15-16,19-21H2,1-7H3,(H,35,36,37)/t25-/m1/s1. The van der Waals surface area contributed by atoms with Crippen LogP contribution in [0.25, 0.3) is 11.3 Å². The molecule has 1 aromatic heterocycles. The number of aromatic nitrogens is 2. The van der Waals surface area contributed by atoms with E-state index in [2.05, 4.69) is 35.5 Å². The number of carbonyl (C=O) groups is 2. The normalized spacial score (nSPS) is 19.5. The van der Waals surface area contributed by atoms with E-state index in [0.717, 1.165) is 29.5 Å². The van der Waals surface area contributed by atoms with E-state index in [1.807, 2.05) is 50.8 Å². The van der Waals surface area contributed by atoms with Gasteiger partial charge >= 0.3 is 0 Å². The number of ether oxygens (including phenoxy) is 1. The Balaban J connectivity index is 1.65. The highest BCUT2D eigenvalue weighted by Gasteiger charge is 2.39. The monoisotopic (exact) mass is 633 g/mol. The van der Waals surface area contributed by atoms with Crippen LogP contribution in [0, 0.1) is 19.3 Å². The van der Waals surface area contributed by atoms with Gasteiger partial charge in [-0.15, -0.1) is 0 Å². The van der Waals surface area contributed by atoms with Crippen LogP contribution >= 0.6 is 0 Å². The summed E-state index contributed by atoms with van der Waals surface area (Å²) in [4.78, 5) is 40.4. The molecule has 0 saturated carbocycles. The fraction of sp³-hybridized carbons (Fsp3) is 0.471. The number of fused-ring (bicyclic) bond motifs is 4. The molecule has 2 aromatic carbocycles. The van der Waals surface area contributed by atoms with Gasteiger partial charge < -0.3 is 14.5 Å². The molecule has 1 N–H and O–H groups in total. The largest absolute Gasteiger partial charge is 0.475 e. The van der Waals surface area contributed by atoms with Crippen LogP contribution in [0.5, 0.6) is 5.88 Å². The Morgan fingerprint density at radius 2 is 1.76 bits per heavy atom. The summed E-state index contributed by atoms with van der Waals surface area (Å²) < 4.78 is 36.0. The minimum absolute atomic E-state index is 0.0365. The summed E-state index contributed by atoms with van der Waals surface area (Å²) in [7, 11) is -4.19. The van der Waals surface area contributed by atoms with E-state index in [4.69, 9.17) is 4.74 Å². The van der Waals surface area contributed by atoms with Crippen molar-refractivity contribution >= 4 is 27.8 Å². The third-order valence-electron chi connectivity index (χ3n) is 8.54. The molecule has 2 amide bonds. The molecule has 3 aromatic rings. The first kappa shape index (κ1) is 32.4. The maximum Gasteiger partial charge on any atom is 0.264 e. The summed E-state index contributed by atoms with van der Waals surface area (Å²) in [6.45, 7) is 14.7. The maximum atomic E-state index is 14.3. The highest BCUT2D eigenvalue weighted by molar-refractivity contribution is 7.92. The average Bonchev–Trinajstić information content (AvgIpc) is 3.31. The highest BCUT2D eigenvalue weighted by Crippen LogP contribution is 2.32. The molecule has 2 aliphatic rings. The van der Waals surface area contributed by atoms with Crippen molar-refractivity contribution < 1.29 is 22.7 Å². The fourth-order valence-corrected chi connectivity index (χ4v) is 7.34. The zero-order valence-electron chi connectivity index (χ0n) is 27.2. The summed E-state index contributed by atoms with van der Waals surface area (Å²) >= 11 is 0. The number of benzene rings is 2. The van der Waals surface area contributed by atoms with Gasteiger partial charge in [0.2, 0.25) is 17.7 Å². The Morgan fingerprint density at radius 1 is 1.07 bits per heavy atom. The molecule has 10 nitrogen and oxygen atoms in total. The van der Waals surface area contributed by atoms with Gasteiger partial charge in [-0.3, -0.25) is 9.59 Å². The number of hydrogen-bond acceptors (Lipinski definition) is 7. The molecule has 2 aliphatic heterocycles. The first-order valence-corrected chi connectivity index (χ1v) is 16.9. The van der Waals surface area contributed by atoms with Crippen LogP contribution in [0.4, 0.5) is 5.95 Å². The molecule has 0 aliphatic carbocycles. The lowest BCUT2D eigenvalue weighted by Gasteiger charge is -2.38. The van der Waals surface area contributed by atoms with Crippen LogP contribution in [-0.2, 0) is 14.8 Å². The molecule has 1 atom stereocenters. The molecular formula is C34H43N5O5S. The summed E-state index contributed by atoms with van der Waals surface area (Å²) in [5, 5.41) is 0. The number of carbonyl (C=O) groups excluding carboxylic acids is 2. The topological polar surface area (TPSA) is 122 Å². The molecule has 1 saturated heterocycles. The smallest absolute Gasteiger partial charge is 0.264 e. The summed E-state index contributed by atoms with van der Waals surface area (Å²) in [5.74, 6) is -0.578. The fourth-order valence-electron chi connectivity index (χ4n) is 6.35. The molecule has 0 radical (unpaired) electrons. The molecule has 4 bridgehead atoms. The van der Waals surface area contributed by atoms with Crippen LogP contribution in [0.2, 0.25) is 0 Å². The number of nitrogens with zero attached hydrogens (tertiary/aromatic N) is 4. The van der Waals surface area contributed by atoms with Gasteiger partial charge in [-0.2, -0.15) is 4.98 Å². The molecule has 45 heavy (non-hydrogen) atoms. The first-order chi connectivity index (χ1) is 21.0. The van der Waals surface area contributed by atoms with Crippen LogP contribution in [-0.4, -0.2) is 71.3 Å². The van der Waals surface area contributed by atoms with Crippen molar-refractivity contribution in [1.29, 1.82) is 0 Å². The molecule has 0 spiro atoms. The molecule has 5 rings (SSSR count). The van der Waals surface area contributed by atoms with Crippen molar-refractivity contribution in [3.05, 3.63) is 65.2 Å². The third-order valence-corrected chi connectivity index (χ3v) is 9.86. The van der Waals surface area contributed by atoms with Crippen LogP contribution < -0.4 is 9.46 Å². The van der Waals surface area contributed by atoms with Gasteiger partial charge in [0.25, 0.3) is 15.9 Å². The van der Waals surface area contributed by atoms with E-state index >= 15 is 0 Å². The Hall–Kier alpha value is -3.99. The van der Waals surface area contributed by atoms with Crippen molar-refractivity contribution in [3.8, 4) is 17.1 Å². The number of likely N-dealkylation sites (tertiary alicyclic amines) is 1. The van der Waals surface area contributed by atoms with Gasteiger partial charge in [0, 0.05) is 29.3 Å². The summed E-state index contributed by atoms with van der Waals surface area (Å²) in [5.41, 5.74) is 2.88. The number of amides is 2. The van der Waals surface area contributed by atoms with Crippen LogP contribution in [0.1, 0.15) is 75.4 Å². The Bertz CT molecular complexity index is 1710. The summed E-state index contributed by atoms with van der Waals surface area (Å²) in [6.07, 6.45) is 2.30. The predicted molar refractivity (Wildman–Crippen MR) is 174 cm³/mol. The van der Waals surface area contributed by atoms with Crippen molar-refractivity contribution in [2.45, 2.75) is 84.2 Å². The number of nitrogens with one attached hydrogen (secondary N) is 1. The minimum atomic E-state index is -4.19. The average molecular weight is 634 g/mol. The second-order valence-corrected chi connectivity index (χ2v) is 15.6. The van der Waals surface area contributed by atoms with Gasteiger partial charge in [0.1, 0.15) is 13.2 Å². The van der Waals surface area contributed by atoms with E-state index < -0.39 is 22.0 Å². The van der Waals surface area contributed by atoms with E-state index in [9.17, 15) is 18.0 Å². The molecule has 3 heterocycles. The molecule has 0 unspecified atom stereocenters. The van der Waals surface area contributed by atoms with Crippen molar-refractivity contribution in [1.82, 2.24) is 19.8 Å². The van der Waals surface area contributed by atoms with Crippen molar-refractivity contribution in [2.75, 3.05) is 24.4 Å². The van der Waals surface area contributed by atoms with Gasteiger partial charge in [-0.25, -0.2) is 18.1 Å².